The summed E-state index contributed by atoms with van der Waals surface area (Å²) in [7, 11) is 0. The second-order valence-corrected chi connectivity index (χ2v) is 4.01. The molecule has 1 aromatic carbocycles. The quantitative estimate of drug-likeness (QED) is 0.696. The molecule has 1 nitrogen and oxygen atoms in total. The molecule has 0 aliphatic heterocycles. The lowest BCUT2D eigenvalue weighted by Crippen LogP contribution is -2.01. The first-order chi connectivity index (χ1) is 6.72. The molecule has 0 unspecified atom stereocenters. The van der Waals surface area contributed by atoms with Gasteiger partial charge in [0.15, 0.2) is 0 Å². The number of hydrogen-bond donors (Lipinski definition) is 1. The van der Waals surface area contributed by atoms with Crippen molar-refractivity contribution in [1.29, 1.82) is 0 Å². The molecule has 0 fully saturated rings. The lowest BCUT2D eigenvalue weighted by Gasteiger charge is -2.07. The van der Waals surface area contributed by atoms with Gasteiger partial charge < -0.3 is 5.32 Å². The van der Waals surface area contributed by atoms with Crippen LogP contribution in [0.4, 0.5) is 5.69 Å². The first-order valence-corrected chi connectivity index (χ1v) is 5.54. The van der Waals surface area contributed by atoms with E-state index in [0.717, 1.165) is 6.54 Å². The van der Waals surface area contributed by atoms with E-state index in [0.29, 0.717) is 0 Å². The molecule has 1 heteroatoms. The molecule has 0 atom stereocenters. The zero-order chi connectivity index (χ0) is 10.4. The van der Waals surface area contributed by atoms with Crippen LogP contribution < -0.4 is 5.32 Å². The predicted molar refractivity (Wildman–Crippen MR) is 63.9 cm³/mol. The molecule has 0 bridgehead atoms. The Kier molecular flexibility index (Phi) is 4.51. The van der Waals surface area contributed by atoms with Gasteiger partial charge in [-0.05, 0) is 43.5 Å². The van der Waals surface area contributed by atoms with Crippen LogP contribution >= 0.6 is 0 Å². The number of nitrogens with one attached hydrogen (secondary N) is 1. The van der Waals surface area contributed by atoms with Crippen LogP contribution in [0.5, 0.6) is 0 Å². The Hall–Kier alpha value is -0.980. The Bertz CT molecular complexity index is 258. The summed E-state index contributed by atoms with van der Waals surface area (Å²) in [6.07, 6.45) is 3.87. The van der Waals surface area contributed by atoms with Crippen molar-refractivity contribution < 1.29 is 0 Å². The van der Waals surface area contributed by atoms with Gasteiger partial charge >= 0.3 is 0 Å². The molecule has 1 N–H and O–H groups in total. The molecule has 0 saturated carbocycles. The fourth-order valence-electron chi connectivity index (χ4n) is 1.68. The zero-order valence-electron chi connectivity index (χ0n) is 9.56. The summed E-state index contributed by atoms with van der Waals surface area (Å²) in [4.78, 5) is 0. The van der Waals surface area contributed by atoms with Gasteiger partial charge in [-0.15, -0.1) is 0 Å². The van der Waals surface area contributed by atoms with E-state index < -0.39 is 0 Å². The van der Waals surface area contributed by atoms with Crippen LogP contribution in [-0.4, -0.2) is 6.54 Å². The van der Waals surface area contributed by atoms with Crippen LogP contribution in [0.15, 0.2) is 18.2 Å². The van der Waals surface area contributed by atoms with Gasteiger partial charge in [-0.2, -0.15) is 0 Å². The van der Waals surface area contributed by atoms with E-state index in [2.05, 4.69) is 44.3 Å². The average molecular weight is 191 g/mol. The van der Waals surface area contributed by atoms with E-state index in [1.54, 1.807) is 0 Å². The molecule has 0 saturated heterocycles. The van der Waals surface area contributed by atoms with Crippen LogP contribution in [0.25, 0.3) is 0 Å². The largest absolute Gasteiger partial charge is 0.385 e. The van der Waals surface area contributed by atoms with Gasteiger partial charge in [-0.3, -0.25) is 0 Å². The van der Waals surface area contributed by atoms with Gasteiger partial charge in [0.1, 0.15) is 0 Å². The molecule has 14 heavy (non-hydrogen) atoms. The lowest BCUT2D eigenvalue weighted by molar-refractivity contribution is 0.744. The molecule has 0 aromatic heterocycles. The van der Waals surface area contributed by atoms with E-state index in [9.17, 15) is 0 Å². The van der Waals surface area contributed by atoms with Crippen LogP contribution in [0.3, 0.4) is 0 Å². The van der Waals surface area contributed by atoms with E-state index in [4.69, 9.17) is 0 Å². The summed E-state index contributed by atoms with van der Waals surface area (Å²) in [5.74, 6) is 0. The highest BCUT2D eigenvalue weighted by atomic mass is 14.9. The minimum atomic E-state index is 1.09. The SMILES string of the molecule is CCCCCNc1cc(C)cc(C)c1. The predicted octanol–water partition coefficient (Wildman–Crippen LogP) is 3.91. The highest BCUT2D eigenvalue weighted by molar-refractivity contribution is 5.48. The number of hydrogen-bond acceptors (Lipinski definition) is 1. The van der Waals surface area contributed by atoms with Gasteiger partial charge in [0.25, 0.3) is 0 Å². The van der Waals surface area contributed by atoms with Crippen molar-refractivity contribution in [3.8, 4) is 0 Å². The summed E-state index contributed by atoms with van der Waals surface area (Å²) < 4.78 is 0. The molecular formula is C13H21N. The van der Waals surface area contributed by atoms with Gasteiger partial charge in [0.2, 0.25) is 0 Å². The summed E-state index contributed by atoms with van der Waals surface area (Å²) >= 11 is 0. The van der Waals surface area contributed by atoms with E-state index in [1.807, 2.05) is 0 Å². The zero-order valence-corrected chi connectivity index (χ0v) is 9.56. The van der Waals surface area contributed by atoms with E-state index in [-0.39, 0.29) is 0 Å². The van der Waals surface area contributed by atoms with E-state index in [1.165, 1.54) is 36.1 Å². The Morgan fingerprint density at radius 3 is 2.21 bits per heavy atom. The van der Waals surface area contributed by atoms with Crippen LogP contribution in [0.2, 0.25) is 0 Å². The number of unbranched alkanes of at least 4 members (excludes halogenated alkanes) is 2. The van der Waals surface area contributed by atoms with Crippen molar-refractivity contribution in [3.05, 3.63) is 29.3 Å². The summed E-state index contributed by atoms with van der Waals surface area (Å²) in [5, 5.41) is 3.46. The number of anilines is 1. The molecule has 0 radical (unpaired) electrons. The minimum absolute atomic E-state index is 1.09. The van der Waals surface area contributed by atoms with Crippen LogP contribution in [0, 0.1) is 13.8 Å². The molecule has 0 heterocycles. The Balaban J connectivity index is 2.42. The highest BCUT2D eigenvalue weighted by Gasteiger charge is 1.94. The monoisotopic (exact) mass is 191 g/mol. The van der Waals surface area contributed by atoms with Crippen LogP contribution in [-0.2, 0) is 0 Å². The van der Waals surface area contributed by atoms with Gasteiger partial charge in [0.05, 0.1) is 0 Å². The van der Waals surface area contributed by atoms with Crippen molar-refractivity contribution >= 4 is 5.69 Å². The van der Waals surface area contributed by atoms with Crippen LogP contribution in [0.1, 0.15) is 37.3 Å². The van der Waals surface area contributed by atoms with Crippen molar-refractivity contribution in [2.75, 3.05) is 11.9 Å². The minimum Gasteiger partial charge on any atom is -0.385 e. The summed E-state index contributed by atoms with van der Waals surface area (Å²) in [6, 6.07) is 6.62. The number of aryl methyl sites for hydroxylation is 2. The Morgan fingerprint density at radius 1 is 1.00 bits per heavy atom. The first-order valence-electron chi connectivity index (χ1n) is 5.54. The van der Waals surface area contributed by atoms with Gasteiger partial charge in [-0.1, -0.05) is 25.8 Å². The summed E-state index contributed by atoms with van der Waals surface area (Å²) in [6.45, 7) is 7.61. The van der Waals surface area contributed by atoms with Crippen molar-refractivity contribution in [3.63, 3.8) is 0 Å². The second-order valence-electron chi connectivity index (χ2n) is 4.01. The van der Waals surface area contributed by atoms with E-state index >= 15 is 0 Å². The summed E-state index contributed by atoms with van der Waals surface area (Å²) in [5.41, 5.74) is 3.93. The molecule has 0 aliphatic rings. The van der Waals surface area contributed by atoms with Crippen molar-refractivity contribution in [2.24, 2.45) is 0 Å². The third kappa shape index (κ3) is 3.82. The topological polar surface area (TPSA) is 12.0 Å². The number of rotatable bonds is 5. The van der Waals surface area contributed by atoms with Crippen molar-refractivity contribution in [2.45, 2.75) is 40.0 Å². The van der Waals surface area contributed by atoms with Crippen molar-refractivity contribution in [1.82, 2.24) is 0 Å². The van der Waals surface area contributed by atoms with Gasteiger partial charge in [-0.25, -0.2) is 0 Å². The Labute approximate surface area is 87.5 Å². The normalized spacial score (nSPS) is 10.2. The third-order valence-electron chi connectivity index (χ3n) is 2.33. The number of benzene rings is 1. The molecule has 0 spiro atoms. The Morgan fingerprint density at radius 2 is 1.64 bits per heavy atom. The maximum atomic E-state index is 3.46. The fourth-order valence-corrected chi connectivity index (χ4v) is 1.68. The third-order valence-corrected chi connectivity index (χ3v) is 2.33. The van der Waals surface area contributed by atoms with Gasteiger partial charge in [0, 0.05) is 12.2 Å². The maximum Gasteiger partial charge on any atom is 0.0345 e. The molecule has 0 amide bonds. The molecule has 1 rings (SSSR count). The lowest BCUT2D eigenvalue weighted by atomic mass is 10.1. The molecular weight excluding hydrogens is 170 g/mol. The maximum absolute atomic E-state index is 3.46. The first kappa shape index (κ1) is 11.1. The fraction of sp³-hybridized carbons (Fsp3) is 0.538. The standard InChI is InChI=1S/C13H21N/c1-4-5-6-7-14-13-9-11(2)8-12(3)10-13/h8-10,14H,4-7H2,1-3H3. The molecule has 1 aromatic rings. The molecule has 78 valence electrons. The second kappa shape index (κ2) is 5.69. The smallest absolute Gasteiger partial charge is 0.0345 e. The highest BCUT2D eigenvalue weighted by Crippen LogP contribution is 2.13. The average Bonchev–Trinajstić information content (AvgIpc) is 2.11. The molecule has 0 aliphatic carbocycles.